The molecule has 6 nitrogen and oxygen atoms in total. The largest absolute Gasteiger partial charge is 0.360 e. The molecule has 1 aliphatic rings. The molecule has 29 heavy (non-hydrogen) atoms. The normalized spacial score (nSPS) is 16.0. The number of aromatic nitrogens is 1. The monoisotopic (exact) mass is 390 g/mol. The van der Waals surface area contributed by atoms with Crippen molar-refractivity contribution < 1.29 is 9.59 Å². The summed E-state index contributed by atoms with van der Waals surface area (Å²) in [5.41, 5.74) is 2.77. The van der Waals surface area contributed by atoms with E-state index in [1.54, 1.807) is 6.20 Å². The molecule has 1 saturated heterocycles. The van der Waals surface area contributed by atoms with Crippen LogP contribution in [0.1, 0.15) is 22.8 Å². The van der Waals surface area contributed by atoms with Crippen LogP contribution in [-0.4, -0.2) is 58.8 Å². The van der Waals surface area contributed by atoms with Crippen molar-refractivity contribution in [2.45, 2.75) is 19.5 Å². The number of aromatic amines is 1. The molecule has 2 aromatic carbocycles. The number of fused-ring (bicyclic) bond motifs is 1. The van der Waals surface area contributed by atoms with Crippen molar-refractivity contribution in [1.82, 2.24) is 20.1 Å². The first-order valence-electron chi connectivity index (χ1n) is 10.0. The molecule has 4 rings (SSSR count). The van der Waals surface area contributed by atoms with Crippen LogP contribution in [0, 0.1) is 0 Å². The molecule has 150 valence electrons. The molecule has 1 fully saturated rings. The number of benzene rings is 2. The maximum absolute atomic E-state index is 13.0. The highest BCUT2D eigenvalue weighted by atomic mass is 16.2. The van der Waals surface area contributed by atoms with Gasteiger partial charge in [0.2, 0.25) is 5.91 Å². The summed E-state index contributed by atoms with van der Waals surface area (Å²) in [6.45, 7) is 5.08. The standard InChI is InChI=1S/C23H26N4O2/c1-17(22(28)25-15-18-7-3-2-4-8-18)26-11-13-27(14-12-26)23(29)20-16-24-21-10-6-5-9-19(20)21/h2-10,16-17,24H,11-15H2,1H3,(H,25,28). The Bertz CT molecular complexity index is 990. The first-order valence-corrected chi connectivity index (χ1v) is 10.0. The number of nitrogens with one attached hydrogen (secondary N) is 2. The van der Waals surface area contributed by atoms with E-state index in [1.165, 1.54) is 0 Å². The van der Waals surface area contributed by atoms with Crippen LogP contribution in [0.25, 0.3) is 10.9 Å². The summed E-state index contributed by atoms with van der Waals surface area (Å²) < 4.78 is 0. The Hall–Kier alpha value is -3.12. The Morgan fingerprint density at radius 3 is 2.45 bits per heavy atom. The molecule has 0 radical (unpaired) electrons. The van der Waals surface area contributed by atoms with E-state index in [4.69, 9.17) is 0 Å². The molecule has 1 atom stereocenters. The maximum Gasteiger partial charge on any atom is 0.256 e. The number of carbonyl (C=O) groups is 2. The molecule has 6 heteroatoms. The SMILES string of the molecule is CC(C(=O)NCc1ccccc1)N1CCN(C(=O)c2c[nH]c3ccccc23)CC1. The third-order valence-electron chi connectivity index (χ3n) is 5.66. The van der Waals surface area contributed by atoms with E-state index in [0.29, 0.717) is 38.3 Å². The lowest BCUT2D eigenvalue weighted by Crippen LogP contribution is -2.54. The highest BCUT2D eigenvalue weighted by Gasteiger charge is 2.28. The third kappa shape index (κ3) is 4.17. The van der Waals surface area contributed by atoms with Gasteiger partial charge in [0.15, 0.2) is 0 Å². The number of hydrogen-bond acceptors (Lipinski definition) is 3. The smallest absolute Gasteiger partial charge is 0.256 e. The Balaban J connectivity index is 1.31. The van der Waals surface area contributed by atoms with Crippen molar-refractivity contribution in [3.8, 4) is 0 Å². The van der Waals surface area contributed by atoms with E-state index < -0.39 is 0 Å². The van der Waals surface area contributed by atoms with Crippen LogP contribution in [0.5, 0.6) is 0 Å². The van der Waals surface area contributed by atoms with Crippen LogP contribution >= 0.6 is 0 Å². The van der Waals surface area contributed by atoms with Gasteiger partial charge >= 0.3 is 0 Å². The van der Waals surface area contributed by atoms with Crippen molar-refractivity contribution >= 4 is 22.7 Å². The number of rotatable bonds is 5. The van der Waals surface area contributed by atoms with E-state index in [1.807, 2.05) is 66.4 Å². The molecular weight excluding hydrogens is 364 g/mol. The van der Waals surface area contributed by atoms with E-state index in [2.05, 4.69) is 15.2 Å². The zero-order chi connectivity index (χ0) is 20.2. The van der Waals surface area contributed by atoms with Gasteiger partial charge in [0.05, 0.1) is 11.6 Å². The van der Waals surface area contributed by atoms with E-state index in [-0.39, 0.29) is 17.9 Å². The van der Waals surface area contributed by atoms with Crippen molar-refractivity contribution in [1.29, 1.82) is 0 Å². The van der Waals surface area contributed by atoms with Gasteiger partial charge in [0.25, 0.3) is 5.91 Å². The number of piperazine rings is 1. The number of H-pyrrole nitrogens is 1. The summed E-state index contributed by atoms with van der Waals surface area (Å²) in [6, 6.07) is 17.5. The molecule has 0 saturated carbocycles. The minimum absolute atomic E-state index is 0.0188. The van der Waals surface area contributed by atoms with Crippen LogP contribution in [0.2, 0.25) is 0 Å². The number of carbonyl (C=O) groups excluding carboxylic acids is 2. The Kier molecular flexibility index (Phi) is 5.62. The summed E-state index contributed by atoms with van der Waals surface area (Å²) in [7, 11) is 0. The number of para-hydroxylation sites is 1. The van der Waals surface area contributed by atoms with E-state index >= 15 is 0 Å². The lowest BCUT2D eigenvalue weighted by atomic mass is 10.1. The molecule has 2 amide bonds. The number of nitrogens with zero attached hydrogens (tertiary/aromatic N) is 2. The van der Waals surface area contributed by atoms with Gasteiger partial charge in [-0.25, -0.2) is 0 Å². The minimum atomic E-state index is -0.218. The highest BCUT2D eigenvalue weighted by Crippen LogP contribution is 2.20. The quantitative estimate of drug-likeness (QED) is 0.704. The van der Waals surface area contributed by atoms with Crippen LogP contribution in [0.4, 0.5) is 0 Å². The van der Waals surface area contributed by atoms with Crippen LogP contribution in [0.3, 0.4) is 0 Å². The van der Waals surface area contributed by atoms with Gasteiger partial charge in [0.1, 0.15) is 0 Å². The topological polar surface area (TPSA) is 68.4 Å². The van der Waals surface area contributed by atoms with E-state index in [0.717, 1.165) is 16.5 Å². The number of hydrogen-bond donors (Lipinski definition) is 2. The first kappa shape index (κ1) is 19.2. The van der Waals surface area contributed by atoms with Gasteiger partial charge in [-0.05, 0) is 18.6 Å². The molecule has 2 heterocycles. The molecule has 1 unspecified atom stereocenters. The summed E-state index contributed by atoms with van der Waals surface area (Å²) in [5.74, 6) is 0.0635. The predicted molar refractivity (Wildman–Crippen MR) is 114 cm³/mol. The van der Waals surface area contributed by atoms with Crippen molar-refractivity contribution in [2.75, 3.05) is 26.2 Å². The fraction of sp³-hybridized carbons (Fsp3) is 0.304. The average molecular weight is 390 g/mol. The summed E-state index contributed by atoms with van der Waals surface area (Å²) in [5, 5.41) is 3.96. The second kappa shape index (κ2) is 8.49. The molecule has 0 spiro atoms. The Morgan fingerprint density at radius 2 is 1.69 bits per heavy atom. The summed E-state index contributed by atoms with van der Waals surface area (Å²) in [6.07, 6.45) is 1.79. The lowest BCUT2D eigenvalue weighted by Gasteiger charge is -2.37. The Morgan fingerprint density at radius 1 is 1.00 bits per heavy atom. The molecule has 2 N–H and O–H groups in total. The van der Waals surface area contributed by atoms with Crippen LogP contribution in [-0.2, 0) is 11.3 Å². The molecule has 3 aromatic rings. The van der Waals surface area contributed by atoms with Gasteiger partial charge < -0.3 is 15.2 Å². The van der Waals surface area contributed by atoms with E-state index in [9.17, 15) is 9.59 Å². The Labute approximate surface area is 170 Å². The third-order valence-corrected chi connectivity index (χ3v) is 5.66. The highest BCUT2D eigenvalue weighted by molar-refractivity contribution is 6.06. The summed E-state index contributed by atoms with van der Waals surface area (Å²) >= 11 is 0. The molecule has 0 aliphatic carbocycles. The molecular formula is C23H26N4O2. The van der Waals surface area contributed by atoms with Gasteiger partial charge in [-0.2, -0.15) is 0 Å². The first-order chi connectivity index (χ1) is 14.1. The molecule has 1 aliphatic heterocycles. The summed E-state index contributed by atoms with van der Waals surface area (Å²) in [4.78, 5) is 32.7. The molecule has 1 aromatic heterocycles. The van der Waals surface area contributed by atoms with Crippen molar-refractivity contribution in [3.05, 3.63) is 71.9 Å². The fourth-order valence-electron chi connectivity index (χ4n) is 3.83. The zero-order valence-corrected chi connectivity index (χ0v) is 16.6. The van der Waals surface area contributed by atoms with Gasteiger partial charge in [-0.3, -0.25) is 14.5 Å². The van der Waals surface area contributed by atoms with Crippen molar-refractivity contribution in [3.63, 3.8) is 0 Å². The van der Waals surface area contributed by atoms with Crippen LogP contribution < -0.4 is 5.32 Å². The van der Waals surface area contributed by atoms with Gasteiger partial charge in [-0.1, -0.05) is 48.5 Å². The predicted octanol–water partition coefficient (Wildman–Crippen LogP) is 2.63. The zero-order valence-electron chi connectivity index (χ0n) is 16.6. The fourth-order valence-corrected chi connectivity index (χ4v) is 3.83. The van der Waals surface area contributed by atoms with Crippen molar-refractivity contribution in [2.24, 2.45) is 0 Å². The minimum Gasteiger partial charge on any atom is -0.360 e. The second-order valence-electron chi connectivity index (χ2n) is 7.46. The van der Waals surface area contributed by atoms with Gasteiger partial charge in [0, 0.05) is 49.8 Å². The van der Waals surface area contributed by atoms with Gasteiger partial charge in [-0.15, -0.1) is 0 Å². The van der Waals surface area contributed by atoms with Crippen LogP contribution in [0.15, 0.2) is 60.8 Å². The molecule has 0 bridgehead atoms. The maximum atomic E-state index is 13.0. The average Bonchev–Trinajstić information content (AvgIpc) is 3.21. The second-order valence-corrected chi connectivity index (χ2v) is 7.46. The number of amides is 2. The lowest BCUT2D eigenvalue weighted by molar-refractivity contribution is -0.126.